The van der Waals surface area contributed by atoms with Crippen LogP contribution in [0.3, 0.4) is 0 Å². The molecule has 0 aromatic heterocycles. The monoisotopic (exact) mass is 292 g/mol. The predicted molar refractivity (Wildman–Crippen MR) is 82.2 cm³/mol. The van der Waals surface area contributed by atoms with Crippen LogP contribution >= 0.6 is 0 Å². The minimum atomic E-state index is -0.0784. The van der Waals surface area contributed by atoms with Gasteiger partial charge in [-0.3, -0.25) is 4.79 Å². The van der Waals surface area contributed by atoms with Crippen LogP contribution in [0.15, 0.2) is 12.1 Å². The number of ether oxygens (including phenoxy) is 2. The number of carbonyl (C=O) groups is 1. The first-order chi connectivity index (χ1) is 10.1. The second-order valence-electron chi connectivity index (χ2n) is 5.56. The smallest absolute Gasteiger partial charge is 0.251 e. The molecular formula is C16H24N2O3. The molecule has 0 aliphatic carbocycles. The highest BCUT2D eigenvalue weighted by atomic mass is 16.5. The molecule has 0 radical (unpaired) electrons. The van der Waals surface area contributed by atoms with Gasteiger partial charge in [0.25, 0.3) is 5.91 Å². The number of hydrogen-bond donors (Lipinski definition) is 2. The summed E-state index contributed by atoms with van der Waals surface area (Å²) in [4.78, 5) is 12.5. The lowest BCUT2D eigenvalue weighted by molar-refractivity contribution is 0.0913. The van der Waals surface area contributed by atoms with E-state index in [1.807, 2.05) is 6.92 Å². The number of amides is 1. The summed E-state index contributed by atoms with van der Waals surface area (Å²) in [6.45, 7) is 5.93. The van der Waals surface area contributed by atoms with Crippen molar-refractivity contribution in [3.63, 3.8) is 0 Å². The van der Waals surface area contributed by atoms with E-state index >= 15 is 0 Å². The highest BCUT2D eigenvalue weighted by molar-refractivity contribution is 5.95. The molecule has 1 fully saturated rings. The van der Waals surface area contributed by atoms with E-state index < -0.39 is 0 Å². The van der Waals surface area contributed by atoms with Crippen molar-refractivity contribution in [1.29, 1.82) is 0 Å². The highest BCUT2D eigenvalue weighted by Crippen LogP contribution is 2.29. The van der Waals surface area contributed by atoms with Gasteiger partial charge in [0.2, 0.25) is 0 Å². The van der Waals surface area contributed by atoms with Crippen LogP contribution in [0.2, 0.25) is 0 Å². The Morgan fingerprint density at radius 3 is 2.43 bits per heavy atom. The fourth-order valence-electron chi connectivity index (χ4n) is 2.70. The Morgan fingerprint density at radius 1 is 1.29 bits per heavy atom. The maximum Gasteiger partial charge on any atom is 0.251 e. The molecule has 2 rings (SSSR count). The standard InChI is InChI=1S/C16H24N2O3/c1-10-9-17-6-5-13(10)18-16(19)12-7-14(20-3)11(2)15(8-12)21-4/h7-8,10,13,17H,5-6,9H2,1-4H3,(H,18,19). The molecule has 0 bridgehead atoms. The van der Waals surface area contributed by atoms with Gasteiger partial charge in [-0.25, -0.2) is 0 Å². The zero-order valence-corrected chi connectivity index (χ0v) is 13.2. The molecule has 2 atom stereocenters. The molecule has 5 nitrogen and oxygen atoms in total. The minimum absolute atomic E-state index is 0.0784. The van der Waals surface area contributed by atoms with Gasteiger partial charge in [0.15, 0.2) is 0 Å². The van der Waals surface area contributed by atoms with Crippen LogP contribution in [-0.4, -0.2) is 39.3 Å². The molecule has 2 N–H and O–H groups in total. The number of hydrogen-bond acceptors (Lipinski definition) is 4. The van der Waals surface area contributed by atoms with E-state index in [2.05, 4.69) is 17.6 Å². The lowest BCUT2D eigenvalue weighted by Gasteiger charge is -2.30. The summed E-state index contributed by atoms with van der Waals surface area (Å²) >= 11 is 0. The minimum Gasteiger partial charge on any atom is -0.496 e. The van der Waals surface area contributed by atoms with Crippen molar-refractivity contribution >= 4 is 5.91 Å². The normalized spacial score (nSPS) is 21.7. The summed E-state index contributed by atoms with van der Waals surface area (Å²) < 4.78 is 10.6. The third-order valence-corrected chi connectivity index (χ3v) is 4.12. The van der Waals surface area contributed by atoms with Crippen LogP contribution in [-0.2, 0) is 0 Å². The third-order valence-electron chi connectivity index (χ3n) is 4.12. The van der Waals surface area contributed by atoms with Crippen molar-refractivity contribution < 1.29 is 14.3 Å². The number of rotatable bonds is 4. The molecule has 21 heavy (non-hydrogen) atoms. The van der Waals surface area contributed by atoms with Gasteiger partial charge in [-0.05, 0) is 44.5 Å². The summed E-state index contributed by atoms with van der Waals surface area (Å²) in [7, 11) is 3.19. The lowest BCUT2D eigenvalue weighted by Crippen LogP contribution is -2.48. The van der Waals surface area contributed by atoms with Crippen molar-refractivity contribution in [2.24, 2.45) is 5.92 Å². The van der Waals surface area contributed by atoms with Gasteiger partial charge in [0.1, 0.15) is 11.5 Å². The third kappa shape index (κ3) is 3.47. The summed E-state index contributed by atoms with van der Waals surface area (Å²) in [5.41, 5.74) is 1.46. The van der Waals surface area contributed by atoms with Crippen molar-refractivity contribution in [3.05, 3.63) is 23.3 Å². The number of nitrogens with one attached hydrogen (secondary N) is 2. The maximum atomic E-state index is 12.5. The zero-order valence-electron chi connectivity index (χ0n) is 13.2. The Morgan fingerprint density at radius 2 is 1.90 bits per heavy atom. The van der Waals surface area contributed by atoms with Crippen LogP contribution in [0.25, 0.3) is 0 Å². The fourth-order valence-corrected chi connectivity index (χ4v) is 2.70. The van der Waals surface area contributed by atoms with E-state index in [0.29, 0.717) is 23.0 Å². The number of piperidine rings is 1. The Kier molecular flexibility index (Phi) is 5.07. The van der Waals surface area contributed by atoms with E-state index in [9.17, 15) is 4.79 Å². The average Bonchev–Trinajstić information content (AvgIpc) is 2.49. The van der Waals surface area contributed by atoms with Gasteiger partial charge in [-0.2, -0.15) is 0 Å². The first-order valence-corrected chi connectivity index (χ1v) is 7.31. The second kappa shape index (κ2) is 6.80. The lowest BCUT2D eigenvalue weighted by atomic mass is 9.95. The van der Waals surface area contributed by atoms with Crippen molar-refractivity contribution in [2.45, 2.75) is 26.3 Å². The molecule has 1 heterocycles. The van der Waals surface area contributed by atoms with Crippen molar-refractivity contribution in [3.8, 4) is 11.5 Å². The van der Waals surface area contributed by atoms with E-state index in [4.69, 9.17) is 9.47 Å². The first-order valence-electron chi connectivity index (χ1n) is 7.31. The Labute approximate surface area is 126 Å². The van der Waals surface area contributed by atoms with Gasteiger partial charge in [0, 0.05) is 17.2 Å². The Bertz CT molecular complexity index is 491. The number of benzene rings is 1. The molecular weight excluding hydrogens is 268 g/mol. The number of carbonyl (C=O) groups excluding carboxylic acids is 1. The fraction of sp³-hybridized carbons (Fsp3) is 0.562. The van der Waals surface area contributed by atoms with Crippen molar-refractivity contribution in [1.82, 2.24) is 10.6 Å². The number of methoxy groups -OCH3 is 2. The van der Waals surface area contributed by atoms with Crippen LogP contribution < -0.4 is 20.1 Å². The average molecular weight is 292 g/mol. The predicted octanol–water partition coefficient (Wildman–Crippen LogP) is 1.74. The molecule has 2 unspecified atom stereocenters. The van der Waals surface area contributed by atoms with Gasteiger partial charge < -0.3 is 20.1 Å². The molecule has 1 aromatic carbocycles. The molecule has 0 spiro atoms. The van der Waals surface area contributed by atoms with Crippen LogP contribution in [0, 0.1) is 12.8 Å². The van der Waals surface area contributed by atoms with E-state index in [1.54, 1.807) is 26.4 Å². The largest absolute Gasteiger partial charge is 0.496 e. The molecule has 1 aliphatic rings. The molecule has 5 heteroatoms. The summed E-state index contributed by atoms with van der Waals surface area (Å²) in [6.07, 6.45) is 0.951. The van der Waals surface area contributed by atoms with Gasteiger partial charge >= 0.3 is 0 Å². The summed E-state index contributed by atoms with van der Waals surface area (Å²) in [6, 6.07) is 3.73. The molecule has 1 amide bonds. The van der Waals surface area contributed by atoms with Crippen LogP contribution in [0.5, 0.6) is 11.5 Å². The molecule has 116 valence electrons. The van der Waals surface area contributed by atoms with Crippen LogP contribution in [0.4, 0.5) is 0 Å². The van der Waals surface area contributed by atoms with Gasteiger partial charge in [-0.1, -0.05) is 6.92 Å². The Hall–Kier alpha value is -1.75. The highest BCUT2D eigenvalue weighted by Gasteiger charge is 2.23. The van der Waals surface area contributed by atoms with Crippen molar-refractivity contribution in [2.75, 3.05) is 27.3 Å². The molecule has 1 aromatic rings. The maximum absolute atomic E-state index is 12.5. The molecule has 1 saturated heterocycles. The van der Waals surface area contributed by atoms with Gasteiger partial charge in [-0.15, -0.1) is 0 Å². The SMILES string of the molecule is COc1cc(C(=O)NC2CCNCC2C)cc(OC)c1C. The second-order valence-corrected chi connectivity index (χ2v) is 5.56. The van der Waals surface area contributed by atoms with Gasteiger partial charge in [0.05, 0.1) is 14.2 Å². The summed E-state index contributed by atoms with van der Waals surface area (Å²) in [5, 5.41) is 6.45. The summed E-state index contributed by atoms with van der Waals surface area (Å²) in [5.74, 6) is 1.68. The van der Waals surface area contributed by atoms with E-state index in [1.165, 1.54) is 0 Å². The first kappa shape index (κ1) is 15.6. The van der Waals surface area contributed by atoms with E-state index in [0.717, 1.165) is 25.1 Å². The Balaban J connectivity index is 2.18. The molecule has 1 aliphatic heterocycles. The quantitative estimate of drug-likeness (QED) is 0.887. The molecule has 0 saturated carbocycles. The topological polar surface area (TPSA) is 59.6 Å². The van der Waals surface area contributed by atoms with E-state index in [-0.39, 0.29) is 11.9 Å². The van der Waals surface area contributed by atoms with Crippen LogP contribution in [0.1, 0.15) is 29.3 Å². The zero-order chi connectivity index (χ0) is 15.4.